The second-order valence-corrected chi connectivity index (χ2v) is 5.57. The van der Waals surface area contributed by atoms with Gasteiger partial charge in [0.1, 0.15) is 0 Å². The van der Waals surface area contributed by atoms with Crippen molar-refractivity contribution in [1.29, 1.82) is 0 Å². The van der Waals surface area contributed by atoms with Gasteiger partial charge in [0.2, 0.25) is 0 Å². The van der Waals surface area contributed by atoms with Crippen molar-refractivity contribution in [2.75, 3.05) is 18.6 Å². The Balaban J connectivity index is 2.30. The molecule has 0 aromatic carbocycles. The molecule has 5 nitrogen and oxygen atoms in total. The second kappa shape index (κ2) is 8.24. The molecule has 1 rings (SSSR count). The van der Waals surface area contributed by atoms with E-state index in [4.69, 9.17) is 5.11 Å². The summed E-state index contributed by atoms with van der Waals surface area (Å²) in [7, 11) is 0. The van der Waals surface area contributed by atoms with Crippen LogP contribution in [0.25, 0.3) is 0 Å². The summed E-state index contributed by atoms with van der Waals surface area (Å²) in [4.78, 5) is 22.7. The zero-order valence-corrected chi connectivity index (χ0v) is 11.6. The Labute approximate surface area is 112 Å². The summed E-state index contributed by atoms with van der Waals surface area (Å²) in [6.45, 7) is 0.636. The number of amides is 2. The predicted molar refractivity (Wildman–Crippen MR) is 72.9 cm³/mol. The molecule has 1 saturated carbocycles. The quantitative estimate of drug-likeness (QED) is 0.644. The van der Waals surface area contributed by atoms with E-state index >= 15 is 0 Å². The number of thioether (sulfide) groups is 1. The number of carboxylic acid groups (broad SMARTS) is 1. The molecule has 18 heavy (non-hydrogen) atoms. The minimum Gasteiger partial charge on any atom is -0.481 e. The molecule has 1 aliphatic carbocycles. The number of urea groups is 1. The molecular formula is C12H22N2O3S. The van der Waals surface area contributed by atoms with Crippen molar-refractivity contribution in [3.63, 3.8) is 0 Å². The largest absolute Gasteiger partial charge is 0.481 e. The number of hydrogen-bond donors (Lipinski definition) is 3. The number of carbonyl (C=O) groups is 2. The van der Waals surface area contributed by atoms with E-state index in [0.29, 0.717) is 13.0 Å². The molecule has 1 fully saturated rings. The Kier molecular flexibility index (Phi) is 6.93. The van der Waals surface area contributed by atoms with Gasteiger partial charge in [0.15, 0.2) is 0 Å². The van der Waals surface area contributed by atoms with E-state index in [1.165, 1.54) is 0 Å². The maximum absolute atomic E-state index is 11.6. The van der Waals surface area contributed by atoms with Crippen molar-refractivity contribution in [2.24, 2.45) is 5.92 Å². The Morgan fingerprint density at radius 2 is 2.06 bits per heavy atom. The zero-order valence-electron chi connectivity index (χ0n) is 10.8. The van der Waals surface area contributed by atoms with E-state index in [1.807, 2.05) is 6.26 Å². The molecule has 0 aromatic heterocycles. The van der Waals surface area contributed by atoms with Crippen LogP contribution in [-0.4, -0.2) is 41.7 Å². The standard InChI is InChI=1S/C12H22N2O3S/c1-18-8-4-7-13-12(17)14-10-6-3-2-5-9(10)11(15)16/h9-10H,2-8H2,1H3,(H,15,16)(H2,13,14,17). The van der Waals surface area contributed by atoms with Crippen LogP contribution in [0.2, 0.25) is 0 Å². The molecular weight excluding hydrogens is 252 g/mol. The fourth-order valence-corrected chi connectivity index (χ4v) is 2.67. The van der Waals surface area contributed by atoms with Crippen molar-refractivity contribution in [3.8, 4) is 0 Å². The summed E-state index contributed by atoms with van der Waals surface area (Å²) in [5.74, 6) is -0.223. The third-order valence-corrected chi connectivity index (χ3v) is 3.91. The fraction of sp³-hybridized carbons (Fsp3) is 0.833. The minimum absolute atomic E-state index is 0.225. The summed E-state index contributed by atoms with van der Waals surface area (Å²) < 4.78 is 0. The highest BCUT2D eigenvalue weighted by molar-refractivity contribution is 7.98. The van der Waals surface area contributed by atoms with Crippen LogP contribution in [0.5, 0.6) is 0 Å². The van der Waals surface area contributed by atoms with Crippen LogP contribution in [0.1, 0.15) is 32.1 Å². The molecule has 2 atom stereocenters. The van der Waals surface area contributed by atoms with Gasteiger partial charge >= 0.3 is 12.0 Å². The Morgan fingerprint density at radius 1 is 1.33 bits per heavy atom. The molecule has 2 unspecified atom stereocenters. The smallest absolute Gasteiger partial charge is 0.315 e. The first-order chi connectivity index (χ1) is 8.65. The monoisotopic (exact) mass is 274 g/mol. The van der Waals surface area contributed by atoms with Gasteiger partial charge < -0.3 is 15.7 Å². The number of rotatable bonds is 6. The maximum Gasteiger partial charge on any atom is 0.315 e. The molecule has 0 bridgehead atoms. The van der Waals surface area contributed by atoms with E-state index in [-0.39, 0.29) is 12.1 Å². The van der Waals surface area contributed by atoms with Crippen LogP contribution >= 0.6 is 11.8 Å². The first-order valence-corrected chi connectivity index (χ1v) is 7.80. The van der Waals surface area contributed by atoms with Gasteiger partial charge in [0.25, 0.3) is 0 Å². The Bertz CT molecular complexity index is 286. The zero-order chi connectivity index (χ0) is 13.4. The highest BCUT2D eigenvalue weighted by Crippen LogP contribution is 2.24. The molecule has 0 radical (unpaired) electrons. The van der Waals surface area contributed by atoms with Gasteiger partial charge in [-0.05, 0) is 31.3 Å². The summed E-state index contributed by atoms with van der Waals surface area (Å²) in [6, 6.07) is -0.467. The lowest BCUT2D eigenvalue weighted by Gasteiger charge is -2.29. The van der Waals surface area contributed by atoms with Crippen LogP contribution in [-0.2, 0) is 4.79 Å². The van der Waals surface area contributed by atoms with Gasteiger partial charge in [-0.25, -0.2) is 4.79 Å². The number of aliphatic carboxylic acids is 1. The molecule has 6 heteroatoms. The third kappa shape index (κ3) is 5.16. The average molecular weight is 274 g/mol. The molecule has 0 saturated heterocycles. The lowest BCUT2D eigenvalue weighted by Crippen LogP contribution is -2.49. The molecule has 2 amide bonds. The number of carbonyl (C=O) groups excluding carboxylic acids is 1. The number of hydrogen-bond acceptors (Lipinski definition) is 3. The van der Waals surface area contributed by atoms with Crippen molar-refractivity contribution in [3.05, 3.63) is 0 Å². The third-order valence-electron chi connectivity index (χ3n) is 3.21. The second-order valence-electron chi connectivity index (χ2n) is 4.58. The van der Waals surface area contributed by atoms with Crippen molar-refractivity contribution in [1.82, 2.24) is 10.6 Å². The van der Waals surface area contributed by atoms with Gasteiger partial charge in [-0.15, -0.1) is 0 Å². The van der Waals surface area contributed by atoms with Gasteiger partial charge in [0.05, 0.1) is 5.92 Å². The average Bonchev–Trinajstić information content (AvgIpc) is 2.35. The van der Waals surface area contributed by atoms with Gasteiger partial charge in [0, 0.05) is 12.6 Å². The fourth-order valence-electron chi connectivity index (χ4n) is 2.24. The number of carboxylic acids is 1. The van der Waals surface area contributed by atoms with E-state index in [1.54, 1.807) is 11.8 Å². The Hall–Kier alpha value is -0.910. The lowest BCUT2D eigenvalue weighted by molar-refractivity contribution is -0.143. The highest BCUT2D eigenvalue weighted by atomic mass is 32.2. The summed E-state index contributed by atoms with van der Waals surface area (Å²) in [6.07, 6.45) is 6.30. The normalized spacial score (nSPS) is 23.4. The van der Waals surface area contributed by atoms with Crippen LogP contribution < -0.4 is 10.6 Å². The number of nitrogens with one attached hydrogen (secondary N) is 2. The van der Waals surface area contributed by atoms with Crippen LogP contribution in [0.3, 0.4) is 0 Å². The molecule has 0 heterocycles. The van der Waals surface area contributed by atoms with Crippen LogP contribution in [0.15, 0.2) is 0 Å². The van der Waals surface area contributed by atoms with Gasteiger partial charge in [-0.3, -0.25) is 4.79 Å². The first kappa shape index (κ1) is 15.1. The molecule has 0 aliphatic heterocycles. The van der Waals surface area contributed by atoms with Crippen LogP contribution in [0, 0.1) is 5.92 Å². The summed E-state index contributed by atoms with van der Waals surface area (Å²) in [5, 5.41) is 14.7. The van der Waals surface area contributed by atoms with Crippen molar-refractivity contribution >= 4 is 23.8 Å². The summed E-state index contributed by atoms with van der Waals surface area (Å²) in [5.41, 5.74) is 0. The first-order valence-electron chi connectivity index (χ1n) is 6.41. The molecule has 1 aliphatic rings. The SMILES string of the molecule is CSCCCNC(=O)NC1CCCCC1C(=O)O. The highest BCUT2D eigenvalue weighted by Gasteiger charge is 2.31. The predicted octanol–water partition coefficient (Wildman–Crippen LogP) is 1.68. The molecule has 104 valence electrons. The molecule has 0 aromatic rings. The van der Waals surface area contributed by atoms with Crippen molar-refractivity contribution in [2.45, 2.75) is 38.1 Å². The molecule has 0 spiro atoms. The lowest BCUT2D eigenvalue weighted by atomic mass is 9.84. The van der Waals surface area contributed by atoms with Gasteiger partial charge in [-0.2, -0.15) is 11.8 Å². The topological polar surface area (TPSA) is 78.4 Å². The Morgan fingerprint density at radius 3 is 2.72 bits per heavy atom. The van der Waals surface area contributed by atoms with E-state index in [9.17, 15) is 9.59 Å². The van der Waals surface area contributed by atoms with Crippen molar-refractivity contribution < 1.29 is 14.7 Å². The van der Waals surface area contributed by atoms with E-state index < -0.39 is 11.9 Å². The van der Waals surface area contributed by atoms with Gasteiger partial charge in [-0.1, -0.05) is 12.8 Å². The molecule has 3 N–H and O–H groups in total. The van der Waals surface area contributed by atoms with E-state index in [0.717, 1.165) is 31.4 Å². The maximum atomic E-state index is 11.6. The van der Waals surface area contributed by atoms with Crippen LogP contribution in [0.4, 0.5) is 4.79 Å². The minimum atomic E-state index is -0.803. The summed E-state index contributed by atoms with van der Waals surface area (Å²) >= 11 is 1.74. The van der Waals surface area contributed by atoms with E-state index in [2.05, 4.69) is 10.6 Å².